The molecule has 0 spiro atoms. The molecule has 1 aliphatic rings. The zero-order valence-corrected chi connectivity index (χ0v) is 10.5. The van der Waals surface area contributed by atoms with E-state index in [1.54, 1.807) is 6.07 Å². The Morgan fingerprint density at radius 2 is 2.06 bits per heavy atom. The second-order valence-electron chi connectivity index (χ2n) is 5.26. The van der Waals surface area contributed by atoms with Crippen LogP contribution in [0.3, 0.4) is 0 Å². The maximum absolute atomic E-state index is 13.0. The van der Waals surface area contributed by atoms with Gasteiger partial charge in [-0.15, -0.1) is 0 Å². The van der Waals surface area contributed by atoms with Crippen molar-refractivity contribution >= 4 is 0 Å². The highest BCUT2D eigenvalue weighted by molar-refractivity contribution is 5.27. The van der Waals surface area contributed by atoms with E-state index in [0.717, 1.165) is 12.0 Å². The molecular weight excluding hydrogens is 215 g/mol. The molecule has 0 amide bonds. The maximum atomic E-state index is 13.0. The Morgan fingerprint density at radius 3 is 2.65 bits per heavy atom. The van der Waals surface area contributed by atoms with Crippen molar-refractivity contribution in [3.8, 4) is 0 Å². The van der Waals surface area contributed by atoms with Crippen LogP contribution in [0, 0.1) is 24.6 Å². The summed E-state index contributed by atoms with van der Waals surface area (Å²) < 4.78 is 13.0. The van der Waals surface area contributed by atoms with Gasteiger partial charge in [-0.1, -0.05) is 31.7 Å². The molecule has 1 aromatic carbocycles. The summed E-state index contributed by atoms with van der Waals surface area (Å²) in [7, 11) is 0. The number of aryl methyl sites for hydroxylation is 1. The summed E-state index contributed by atoms with van der Waals surface area (Å²) in [6.07, 6.45) is 5.96. The average molecular weight is 236 g/mol. The Hall–Kier alpha value is -0.890. The van der Waals surface area contributed by atoms with E-state index in [2.05, 4.69) is 0 Å². The Labute approximate surface area is 103 Å². The van der Waals surface area contributed by atoms with Gasteiger partial charge in [0.05, 0.1) is 0 Å². The van der Waals surface area contributed by atoms with Gasteiger partial charge in [0.15, 0.2) is 0 Å². The van der Waals surface area contributed by atoms with Gasteiger partial charge in [0, 0.05) is 6.61 Å². The molecular formula is C15H21FO. The van der Waals surface area contributed by atoms with E-state index in [1.807, 2.05) is 13.0 Å². The fourth-order valence-corrected chi connectivity index (χ4v) is 2.98. The standard InChI is InChI=1S/C15H21FO/c1-11-8-15(16)7-6-13(11)9-14(10-17)12-4-2-3-5-12/h6-8,12,14,17H,2-5,9-10H2,1H3. The van der Waals surface area contributed by atoms with E-state index in [1.165, 1.54) is 37.3 Å². The molecule has 0 saturated heterocycles. The molecule has 0 bridgehead atoms. The van der Waals surface area contributed by atoms with Gasteiger partial charge in [-0.05, 0) is 48.4 Å². The predicted octanol–water partition coefficient (Wildman–Crippen LogP) is 3.48. The molecule has 1 fully saturated rings. The van der Waals surface area contributed by atoms with Crippen LogP contribution in [-0.2, 0) is 6.42 Å². The summed E-state index contributed by atoms with van der Waals surface area (Å²) in [5, 5.41) is 9.52. The van der Waals surface area contributed by atoms with Crippen molar-refractivity contribution in [2.45, 2.75) is 39.0 Å². The largest absolute Gasteiger partial charge is 0.396 e. The van der Waals surface area contributed by atoms with Crippen molar-refractivity contribution in [1.29, 1.82) is 0 Å². The molecule has 17 heavy (non-hydrogen) atoms. The first-order valence-corrected chi connectivity index (χ1v) is 6.56. The highest BCUT2D eigenvalue weighted by Crippen LogP contribution is 2.33. The third kappa shape index (κ3) is 3.06. The number of aliphatic hydroxyl groups excluding tert-OH is 1. The highest BCUT2D eigenvalue weighted by Gasteiger charge is 2.24. The van der Waals surface area contributed by atoms with Gasteiger partial charge in [0.25, 0.3) is 0 Å². The summed E-state index contributed by atoms with van der Waals surface area (Å²) in [6.45, 7) is 2.20. The van der Waals surface area contributed by atoms with E-state index in [-0.39, 0.29) is 12.4 Å². The number of hydrogen-bond donors (Lipinski definition) is 1. The Kier molecular flexibility index (Phi) is 4.16. The van der Waals surface area contributed by atoms with Gasteiger partial charge in [0.1, 0.15) is 5.82 Å². The first-order valence-electron chi connectivity index (χ1n) is 6.56. The van der Waals surface area contributed by atoms with Gasteiger partial charge in [-0.2, -0.15) is 0 Å². The average Bonchev–Trinajstić information content (AvgIpc) is 2.81. The molecule has 2 rings (SSSR count). The number of rotatable bonds is 4. The number of benzene rings is 1. The molecule has 1 nitrogen and oxygen atoms in total. The van der Waals surface area contributed by atoms with Gasteiger partial charge in [-0.3, -0.25) is 0 Å². The SMILES string of the molecule is Cc1cc(F)ccc1CC(CO)C1CCCC1. The summed E-state index contributed by atoms with van der Waals surface area (Å²) in [5.41, 5.74) is 2.18. The zero-order valence-electron chi connectivity index (χ0n) is 10.5. The minimum absolute atomic E-state index is 0.173. The maximum Gasteiger partial charge on any atom is 0.123 e. The third-order valence-corrected chi connectivity index (χ3v) is 4.09. The van der Waals surface area contributed by atoms with E-state index < -0.39 is 0 Å². The van der Waals surface area contributed by atoms with E-state index in [4.69, 9.17) is 0 Å². The van der Waals surface area contributed by atoms with Gasteiger partial charge in [-0.25, -0.2) is 4.39 Å². The minimum atomic E-state index is -0.173. The number of hydrogen-bond acceptors (Lipinski definition) is 1. The third-order valence-electron chi connectivity index (χ3n) is 4.09. The Balaban J connectivity index is 2.06. The molecule has 1 saturated carbocycles. The lowest BCUT2D eigenvalue weighted by molar-refractivity contribution is 0.175. The monoisotopic (exact) mass is 236 g/mol. The van der Waals surface area contributed by atoms with E-state index in [0.29, 0.717) is 11.8 Å². The van der Waals surface area contributed by atoms with Crippen molar-refractivity contribution in [3.63, 3.8) is 0 Å². The lowest BCUT2D eigenvalue weighted by atomic mass is 9.85. The van der Waals surface area contributed by atoms with E-state index >= 15 is 0 Å². The zero-order chi connectivity index (χ0) is 12.3. The lowest BCUT2D eigenvalue weighted by Crippen LogP contribution is -2.19. The molecule has 1 aliphatic carbocycles. The number of aliphatic hydroxyl groups is 1. The molecule has 94 valence electrons. The second-order valence-corrected chi connectivity index (χ2v) is 5.26. The van der Waals surface area contributed by atoms with Crippen molar-refractivity contribution < 1.29 is 9.50 Å². The van der Waals surface area contributed by atoms with Crippen molar-refractivity contribution in [2.75, 3.05) is 6.61 Å². The van der Waals surface area contributed by atoms with Crippen LogP contribution in [-0.4, -0.2) is 11.7 Å². The predicted molar refractivity (Wildman–Crippen MR) is 67.4 cm³/mol. The van der Waals surface area contributed by atoms with Crippen LogP contribution in [0.2, 0.25) is 0 Å². The second kappa shape index (κ2) is 5.63. The van der Waals surface area contributed by atoms with Gasteiger partial charge >= 0.3 is 0 Å². The minimum Gasteiger partial charge on any atom is -0.396 e. The summed E-state index contributed by atoms with van der Waals surface area (Å²) in [5.74, 6) is 0.832. The fourth-order valence-electron chi connectivity index (χ4n) is 2.98. The fraction of sp³-hybridized carbons (Fsp3) is 0.600. The molecule has 0 heterocycles. The van der Waals surface area contributed by atoms with Gasteiger partial charge in [0.2, 0.25) is 0 Å². The van der Waals surface area contributed by atoms with Crippen molar-refractivity contribution in [3.05, 3.63) is 35.1 Å². The topological polar surface area (TPSA) is 20.2 Å². The first-order chi connectivity index (χ1) is 8.20. The lowest BCUT2D eigenvalue weighted by Gasteiger charge is -2.22. The summed E-state index contributed by atoms with van der Waals surface area (Å²) in [6, 6.07) is 4.96. The quantitative estimate of drug-likeness (QED) is 0.848. The Bertz CT molecular complexity index is 369. The molecule has 1 aromatic rings. The summed E-state index contributed by atoms with van der Waals surface area (Å²) in [4.78, 5) is 0. The highest BCUT2D eigenvalue weighted by atomic mass is 19.1. The molecule has 0 radical (unpaired) electrons. The molecule has 1 unspecified atom stereocenters. The molecule has 0 aromatic heterocycles. The van der Waals surface area contributed by atoms with E-state index in [9.17, 15) is 9.50 Å². The normalized spacial score (nSPS) is 18.5. The van der Waals surface area contributed by atoms with Crippen LogP contribution in [0.25, 0.3) is 0 Å². The van der Waals surface area contributed by atoms with Crippen LogP contribution < -0.4 is 0 Å². The number of halogens is 1. The smallest absolute Gasteiger partial charge is 0.123 e. The molecule has 0 aliphatic heterocycles. The molecule has 2 heteroatoms. The van der Waals surface area contributed by atoms with Crippen LogP contribution in [0.5, 0.6) is 0 Å². The molecule has 1 atom stereocenters. The first kappa shape index (κ1) is 12.6. The van der Waals surface area contributed by atoms with Crippen molar-refractivity contribution in [1.82, 2.24) is 0 Å². The van der Waals surface area contributed by atoms with Crippen LogP contribution in [0.1, 0.15) is 36.8 Å². The summed E-state index contributed by atoms with van der Waals surface area (Å²) >= 11 is 0. The van der Waals surface area contributed by atoms with Gasteiger partial charge < -0.3 is 5.11 Å². The Morgan fingerprint density at radius 1 is 1.35 bits per heavy atom. The van der Waals surface area contributed by atoms with Crippen LogP contribution >= 0.6 is 0 Å². The van der Waals surface area contributed by atoms with Crippen LogP contribution in [0.4, 0.5) is 4.39 Å². The molecule has 1 N–H and O–H groups in total. The van der Waals surface area contributed by atoms with Crippen molar-refractivity contribution in [2.24, 2.45) is 11.8 Å². The van der Waals surface area contributed by atoms with Crippen LogP contribution in [0.15, 0.2) is 18.2 Å².